The van der Waals surface area contributed by atoms with Gasteiger partial charge in [0.05, 0.1) is 6.33 Å². The lowest BCUT2D eigenvalue weighted by molar-refractivity contribution is 0.619. The highest BCUT2D eigenvalue weighted by Crippen LogP contribution is 2.16. The first-order valence-corrected chi connectivity index (χ1v) is 5.98. The van der Waals surface area contributed by atoms with Gasteiger partial charge in [-0.05, 0) is 28.8 Å². The molecule has 5 heteroatoms. The van der Waals surface area contributed by atoms with E-state index in [1.807, 2.05) is 0 Å². The molecule has 0 aliphatic heterocycles. The van der Waals surface area contributed by atoms with Gasteiger partial charge >= 0.3 is 0 Å². The number of halogens is 1. The predicted octanol–water partition coefficient (Wildman–Crippen LogP) is 2.52. The van der Waals surface area contributed by atoms with Crippen LogP contribution in [0.15, 0.2) is 15.6 Å². The van der Waals surface area contributed by atoms with Crippen LogP contribution >= 0.6 is 15.9 Å². The summed E-state index contributed by atoms with van der Waals surface area (Å²) in [7, 11) is 0. The molecule has 0 spiro atoms. The second-order valence-corrected chi connectivity index (χ2v) is 4.23. The number of rotatable bonds is 5. The number of nitrogens with zero attached hydrogens (tertiary/aromatic N) is 1. The van der Waals surface area contributed by atoms with E-state index in [-0.39, 0.29) is 5.56 Å². The van der Waals surface area contributed by atoms with Crippen LogP contribution in [-0.2, 0) is 0 Å². The van der Waals surface area contributed by atoms with Gasteiger partial charge in [-0.2, -0.15) is 0 Å². The van der Waals surface area contributed by atoms with Crippen molar-refractivity contribution in [1.29, 1.82) is 0 Å². The molecule has 84 valence electrons. The summed E-state index contributed by atoms with van der Waals surface area (Å²) in [4.78, 5) is 17.9. The average molecular weight is 274 g/mol. The third kappa shape index (κ3) is 3.34. The maximum Gasteiger partial charge on any atom is 0.267 e. The van der Waals surface area contributed by atoms with Gasteiger partial charge < -0.3 is 10.3 Å². The van der Waals surface area contributed by atoms with E-state index in [0.717, 1.165) is 19.3 Å². The molecule has 1 unspecified atom stereocenters. The fourth-order valence-electron chi connectivity index (χ4n) is 1.40. The Labute approximate surface area is 97.6 Å². The Morgan fingerprint density at radius 1 is 1.60 bits per heavy atom. The summed E-state index contributed by atoms with van der Waals surface area (Å²) in [6.45, 7) is 4.26. The Morgan fingerprint density at radius 2 is 2.33 bits per heavy atom. The molecule has 1 rings (SSSR count). The molecule has 0 aliphatic carbocycles. The van der Waals surface area contributed by atoms with Crippen LogP contribution in [0.5, 0.6) is 0 Å². The number of anilines is 1. The normalized spacial score (nSPS) is 12.5. The average Bonchev–Trinajstić information content (AvgIpc) is 2.24. The minimum absolute atomic E-state index is 0.154. The molecule has 1 atom stereocenters. The minimum atomic E-state index is -0.154. The lowest BCUT2D eigenvalue weighted by Crippen LogP contribution is -2.21. The monoisotopic (exact) mass is 273 g/mol. The summed E-state index contributed by atoms with van der Waals surface area (Å²) in [5.41, 5.74) is -0.154. The molecule has 0 saturated heterocycles. The van der Waals surface area contributed by atoms with Crippen molar-refractivity contribution >= 4 is 21.7 Å². The topological polar surface area (TPSA) is 57.8 Å². The zero-order valence-electron chi connectivity index (χ0n) is 9.01. The van der Waals surface area contributed by atoms with Crippen molar-refractivity contribution in [1.82, 2.24) is 9.97 Å². The standard InChI is InChI=1S/C10H16BrN3O/c1-3-5-7(4-2)14-9-8(11)10(15)13-6-12-9/h6-7H,3-5H2,1-2H3,(H2,12,13,14,15). The van der Waals surface area contributed by atoms with Gasteiger partial charge in [-0.3, -0.25) is 4.79 Å². The summed E-state index contributed by atoms with van der Waals surface area (Å²) in [6.07, 6.45) is 4.63. The predicted molar refractivity (Wildman–Crippen MR) is 65.2 cm³/mol. The second-order valence-electron chi connectivity index (χ2n) is 3.43. The highest BCUT2D eigenvalue weighted by Gasteiger charge is 2.09. The molecule has 4 nitrogen and oxygen atoms in total. The van der Waals surface area contributed by atoms with Gasteiger partial charge in [0.15, 0.2) is 0 Å². The number of nitrogens with one attached hydrogen (secondary N) is 2. The molecule has 2 N–H and O–H groups in total. The van der Waals surface area contributed by atoms with E-state index in [1.54, 1.807) is 0 Å². The third-order valence-electron chi connectivity index (χ3n) is 2.27. The number of hydrogen-bond acceptors (Lipinski definition) is 3. The van der Waals surface area contributed by atoms with Crippen molar-refractivity contribution in [2.75, 3.05) is 5.32 Å². The maximum atomic E-state index is 11.3. The highest BCUT2D eigenvalue weighted by molar-refractivity contribution is 9.10. The summed E-state index contributed by atoms with van der Waals surface area (Å²) < 4.78 is 0.472. The molecule has 0 amide bonds. The van der Waals surface area contributed by atoms with Crippen molar-refractivity contribution in [2.24, 2.45) is 0 Å². The Balaban J connectivity index is 2.79. The van der Waals surface area contributed by atoms with Gasteiger partial charge in [0.1, 0.15) is 10.3 Å². The number of hydrogen-bond donors (Lipinski definition) is 2. The van der Waals surface area contributed by atoms with Crippen molar-refractivity contribution in [3.63, 3.8) is 0 Å². The lowest BCUT2D eigenvalue weighted by Gasteiger charge is -2.16. The molecule has 1 aromatic heterocycles. The summed E-state index contributed by atoms with van der Waals surface area (Å²) >= 11 is 3.22. The van der Waals surface area contributed by atoms with Crippen molar-refractivity contribution in [3.05, 3.63) is 21.2 Å². The quantitative estimate of drug-likeness (QED) is 0.867. The molecule has 0 saturated carbocycles. The van der Waals surface area contributed by atoms with Crippen LogP contribution < -0.4 is 10.9 Å². The number of aromatic amines is 1. The van der Waals surface area contributed by atoms with Crippen LogP contribution in [0.3, 0.4) is 0 Å². The van der Waals surface area contributed by atoms with Gasteiger partial charge in [0, 0.05) is 6.04 Å². The van der Waals surface area contributed by atoms with Crippen molar-refractivity contribution in [3.8, 4) is 0 Å². The minimum Gasteiger partial charge on any atom is -0.366 e. The molecule has 0 radical (unpaired) electrons. The fraction of sp³-hybridized carbons (Fsp3) is 0.600. The van der Waals surface area contributed by atoms with Crippen molar-refractivity contribution < 1.29 is 0 Å². The molecule has 0 fully saturated rings. The van der Waals surface area contributed by atoms with Crippen LogP contribution in [0, 0.1) is 0 Å². The van der Waals surface area contributed by atoms with E-state index in [9.17, 15) is 4.79 Å². The number of aromatic nitrogens is 2. The van der Waals surface area contributed by atoms with Crippen LogP contribution in [0.25, 0.3) is 0 Å². The molecular formula is C10H16BrN3O. The summed E-state index contributed by atoms with van der Waals surface area (Å²) in [6, 6.07) is 0.376. The fourth-order valence-corrected chi connectivity index (χ4v) is 1.74. The molecular weight excluding hydrogens is 258 g/mol. The molecule has 1 heterocycles. The van der Waals surface area contributed by atoms with Gasteiger partial charge in [-0.1, -0.05) is 20.3 Å². The van der Waals surface area contributed by atoms with Crippen molar-refractivity contribution in [2.45, 2.75) is 39.2 Å². The first-order chi connectivity index (χ1) is 7.19. The van der Waals surface area contributed by atoms with Crippen LogP contribution in [0.1, 0.15) is 33.1 Å². The molecule has 1 aromatic rings. The van der Waals surface area contributed by atoms with Crippen LogP contribution in [0.4, 0.5) is 5.82 Å². The SMILES string of the molecule is CCCC(CC)Nc1nc[nH]c(=O)c1Br. The second kappa shape index (κ2) is 5.90. The summed E-state index contributed by atoms with van der Waals surface area (Å²) in [5.74, 6) is 0.624. The maximum absolute atomic E-state index is 11.3. The van der Waals surface area contributed by atoms with E-state index >= 15 is 0 Å². The van der Waals surface area contributed by atoms with E-state index < -0.39 is 0 Å². The Kier molecular flexibility index (Phi) is 4.81. The Hall–Kier alpha value is -0.840. The lowest BCUT2D eigenvalue weighted by atomic mass is 10.1. The van der Waals surface area contributed by atoms with E-state index in [4.69, 9.17) is 0 Å². The highest BCUT2D eigenvalue weighted by atomic mass is 79.9. The van der Waals surface area contributed by atoms with Crippen LogP contribution in [-0.4, -0.2) is 16.0 Å². The Bertz CT molecular complexity index is 364. The van der Waals surface area contributed by atoms with E-state index in [0.29, 0.717) is 16.3 Å². The smallest absolute Gasteiger partial charge is 0.267 e. The zero-order valence-corrected chi connectivity index (χ0v) is 10.6. The molecule has 0 aliphatic rings. The van der Waals surface area contributed by atoms with Gasteiger partial charge in [-0.25, -0.2) is 4.98 Å². The van der Waals surface area contributed by atoms with E-state index in [2.05, 4.69) is 45.1 Å². The first-order valence-electron chi connectivity index (χ1n) is 5.18. The largest absolute Gasteiger partial charge is 0.366 e. The molecule has 0 aromatic carbocycles. The molecule has 0 bridgehead atoms. The van der Waals surface area contributed by atoms with Gasteiger partial charge in [0.25, 0.3) is 5.56 Å². The number of H-pyrrole nitrogens is 1. The van der Waals surface area contributed by atoms with Gasteiger partial charge in [-0.15, -0.1) is 0 Å². The van der Waals surface area contributed by atoms with E-state index in [1.165, 1.54) is 6.33 Å². The first kappa shape index (κ1) is 12.2. The van der Waals surface area contributed by atoms with Gasteiger partial charge in [0.2, 0.25) is 0 Å². The Morgan fingerprint density at radius 3 is 2.93 bits per heavy atom. The molecule has 15 heavy (non-hydrogen) atoms. The summed E-state index contributed by atoms with van der Waals surface area (Å²) in [5, 5.41) is 3.26. The van der Waals surface area contributed by atoms with Crippen LogP contribution in [0.2, 0.25) is 0 Å². The third-order valence-corrected chi connectivity index (χ3v) is 3.00. The zero-order chi connectivity index (χ0) is 11.3.